The smallest absolute Gasteiger partial charge is 0.119 e. The van der Waals surface area contributed by atoms with E-state index >= 15 is 0 Å². The second kappa shape index (κ2) is 6.63. The Morgan fingerprint density at radius 1 is 1.04 bits per heavy atom. The van der Waals surface area contributed by atoms with E-state index in [1.807, 2.05) is 19.9 Å². The van der Waals surface area contributed by atoms with Crippen molar-refractivity contribution in [3.05, 3.63) is 58.7 Å². The molecule has 2 N–H and O–H groups in total. The number of anilines is 1. The van der Waals surface area contributed by atoms with Crippen molar-refractivity contribution in [2.24, 2.45) is 0 Å². The van der Waals surface area contributed by atoms with E-state index in [0.29, 0.717) is 6.04 Å². The third-order valence-electron chi connectivity index (χ3n) is 4.84. The molecule has 0 spiro atoms. The fourth-order valence-corrected chi connectivity index (χ4v) is 3.71. The quantitative estimate of drug-likeness (QED) is 0.810. The number of nitrogen functional groups attached to an aromatic ring is 1. The summed E-state index contributed by atoms with van der Waals surface area (Å²) < 4.78 is 5.36. The van der Waals surface area contributed by atoms with Crippen molar-refractivity contribution >= 4 is 5.69 Å². The Bertz CT molecular complexity index is 696. The van der Waals surface area contributed by atoms with Crippen LogP contribution in [0.2, 0.25) is 0 Å². The molecular formula is C20H26N2O. The number of hydrogen-bond donors (Lipinski definition) is 1. The van der Waals surface area contributed by atoms with E-state index in [9.17, 15) is 0 Å². The number of methoxy groups -OCH3 is 1. The average molecular weight is 310 g/mol. The number of nitrogens with two attached hydrogens (primary N) is 1. The first-order valence-electron chi connectivity index (χ1n) is 8.53. The van der Waals surface area contributed by atoms with E-state index in [2.05, 4.69) is 35.2 Å². The molecule has 2 aliphatic rings. The maximum absolute atomic E-state index is 5.93. The maximum Gasteiger partial charge on any atom is 0.119 e. The lowest BCUT2D eigenvalue weighted by Gasteiger charge is -2.41. The van der Waals surface area contributed by atoms with Gasteiger partial charge in [0.25, 0.3) is 0 Å². The van der Waals surface area contributed by atoms with Crippen LogP contribution >= 0.6 is 0 Å². The van der Waals surface area contributed by atoms with Crippen LogP contribution in [0, 0.1) is 0 Å². The van der Waals surface area contributed by atoms with E-state index in [-0.39, 0.29) is 0 Å². The molecule has 0 aromatic heterocycles. The predicted molar refractivity (Wildman–Crippen MR) is 95.8 cm³/mol. The van der Waals surface area contributed by atoms with Gasteiger partial charge < -0.3 is 10.5 Å². The SMILES string of the molecule is CC.COc1ccc2c(c1)CCN1Cc3cc(N)ccc3CC21. The number of benzene rings is 2. The summed E-state index contributed by atoms with van der Waals surface area (Å²) in [6, 6.07) is 13.4. The first-order chi connectivity index (χ1) is 11.2. The lowest BCUT2D eigenvalue weighted by Crippen LogP contribution is -2.39. The molecule has 3 heteroatoms. The molecule has 1 unspecified atom stereocenters. The van der Waals surface area contributed by atoms with Crippen LogP contribution in [0.4, 0.5) is 5.69 Å². The van der Waals surface area contributed by atoms with Gasteiger partial charge in [-0.3, -0.25) is 4.90 Å². The summed E-state index contributed by atoms with van der Waals surface area (Å²) in [6.07, 6.45) is 2.18. The van der Waals surface area contributed by atoms with Crippen LogP contribution in [-0.2, 0) is 19.4 Å². The molecule has 0 fully saturated rings. The van der Waals surface area contributed by atoms with Gasteiger partial charge in [0.15, 0.2) is 0 Å². The Kier molecular flexibility index (Phi) is 4.58. The summed E-state index contributed by atoms with van der Waals surface area (Å²) >= 11 is 0. The Hall–Kier alpha value is -2.00. The summed E-state index contributed by atoms with van der Waals surface area (Å²) in [7, 11) is 1.73. The zero-order valence-corrected chi connectivity index (χ0v) is 14.3. The Morgan fingerprint density at radius 3 is 2.65 bits per heavy atom. The predicted octanol–water partition coefficient (Wildman–Crippen LogP) is 3.96. The van der Waals surface area contributed by atoms with Crippen molar-refractivity contribution in [1.29, 1.82) is 0 Å². The molecule has 0 radical (unpaired) electrons. The molecule has 0 bridgehead atoms. The van der Waals surface area contributed by atoms with Crippen molar-refractivity contribution < 1.29 is 4.74 Å². The van der Waals surface area contributed by atoms with E-state index in [1.54, 1.807) is 7.11 Å². The van der Waals surface area contributed by atoms with Gasteiger partial charge in [-0.2, -0.15) is 0 Å². The van der Waals surface area contributed by atoms with E-state index in [1.165, 1.54) is 22.3 Å². The molecule has 2 aromatic carbocycles. The Labute approximate surface area is 139 Å². The van der Waals surface area contributed by atoms with Crippen LogP contribution in [0.15, 0.2) is 36.4 Å². The summed E-state index contributed by atoms with van der Waals surface area (Å²) in [5.41, 5.74) is 12.5. The summed E-state index contributed by atoms with van der Waals surface area (Å²) in [5.74, 6) is 0.964. The summed E-state index contributed by atoms with van der Waals surface area (Å²) in [4.78, 5) is 2.58. The third kappa shape index (κ3) is 2.93. The Balaban J connectivity index is 0.000000753. The molecule has 3 nitrogen and oxygen atoms in total. The molecule has 0 aliphatic carbocycles. The zero-order valence-electron chi connectivity index (χ0n) is 14.3. The van der Waals surface area contributed by atoms with Crippen LogP contribution in [-0.4, -0.2) is 18.6 Å². The molecule has 4 rings (SSSR count). The van der Waals surface area contributed by atoms with Crippen molar-refractivity contribution in [3.8, 4) is 5.75 Å². The van der Waals surface area contributed by atoms with Crippen molar-refractivity contribution in [2.45, 2.75) is 39.3 Å². The van der Waals surface area contributed by atoms with Crippen LogP contribution in [0.25, 0.3) is 0 Å². The minimum atomic E-state index is 0.496. The maximum atomic E-state index is 5.93. The number of nitrogens with zero attached hydrogens (tertiary/aromatic N) is 1. The van der Waals surface area contributed by atoms with Crippen molar-refractivity contribution in [2.75, 3.05) is 19.4 Å². The number of hydrogen-bond acceptors (Lipinski definition) is 3. The van der Waals surface area contributed by atoms with Crippen LogP contribution < -0.4 is 10.5 Å². The molecule has 1 atom stereocenters. The molecular weight excluding hydrogens is 284 g/mol. The van der Waals surface area contributed by atoms with Crippen molar-refractivity contribution in [3.63, 3.8) is 0 Å². The van der Waals surface area contributed by atoms with Gasteiger partial charge in [-0.15, -0.1) is 0 Å². The van der Waals surface area contributed by atoms with Gasteiger partial charge in [0, 0.05) is 24.8 Å². The zero-order chi connectivity index (χ0) is 16.4. The van der Waals surface area contributed by atoms with E-state index < -0.39 is 0 Å². The lowest BCUT2D eigenvalue weighted by atomic mass is 9.84. The minimum Gasteiger partial charge on any atom is -0.497 e. The molecule has 0 amide bonds. The van der Waals surface area contributed by atoms with Gasteiger partial charge in [-0.1, -0.05) is 26.0 Å². The molecule has 2 heterocycles. The van der Waals surface area contributed by atoms with Gasteiger partial charge in [0.2, 0.25) is 0 Å². The lowest BCUT2D eigenvalue weighted by molar-refractivity contribution is 0.161. The van der Waals surface area contributed by atoms with Crippen molar-refractivity contribution in [1.82, 2.24) is 4.90 Å². The van der Waals surface area contributed by atoms with E-state index in [4.69, 9.17) is 10.5 Å². The third-order valence-corrected chi connectivity index (χ3v) is 4.84. The standard InChI is InChI=1S/C18H20N2O.C2H6/c1-21-16-4-5-17-13(9-16)6-7-20-11-14-8-15(19)3-2-12(14)10-18(17)20;1-2/h2-5,8-9,18H,6-7,10-11,19H2,1H3;1-2H3. The van der Waals surface area contributed by atoms with Crippen LogP contribution in [0.5, 0.6) is 5.75 Å². The largest absolute Gasteiger partial charge is 0.497 e. The second-order valence-electron chi connectivity index (χ2n) is 6.03. The number of ether oxygens (including phenoxy) is 1. The fourth-order valence-electron chi connectivity index (χ4n) is 3.71. The highest BCUT2D eigenvalue weighted by Gasteiger charge is 2.31. The van der Waals surface area contributed by atoms with Crippen LogP contribution in [0.1, 0.15) is 42.1 Å². The monoisotopic (exact) mass is 310 g/mol. The fraction of sp³-hybridized carbons (Fsp3) is 0.400. The molecule has 2 aliphatic heterocycles. The van der Waals surface area contributed by atoms with Gasteiger partial charge in [0.05, 0.1) is 7.11 Å². The van der Waals surface area contributed by atoms with Gasteiger partial charge in [-0.25, -0.2) is 0 Å². The highest BCUT2D eigenvalue weighted by Crippen LogP contribution is 2.39. The number of rotatable bonds is 1. The summed E-state index contributed by atoms with van der Waals surface area (Å²) in [5, 5.41) is 0. The average Bonchev–Trinajstić information content (AvgIpc) is 2.61. The Morgan fingerprint density at radius 2 is 1.87 bits per heavy atom. The summed E-state index contributed by atoms with van der Waals surface area (Å²) in [6.45, 7) is 6.12. The highest BCUT2D eigenvalue weighted by atomic mass is 16.5. The highest BCUT2D eigenvalue weighted by molar-refractivity contribution is 5.48. The first kappa shape index (κ1) is 15.9. The molecule has 23 heavy (non-hydrogen) atoms. The van der Waals surface area contributed by atoms with E-state index in [0.717, 1.165) is 37.4 Å². The van der Waals surface area contributed by atoms with Crippen LogP contribution in [0.3, 0.4) is 0 Å². The molecule has 0 saturated heterocycles. The minimum absolute atomic E-state index is 0.496. The molecule has 2 aromatic rings. The molecule has 122 valence electrons. The number of fused-ring (bicyclic) bond motifs is 4. The van der Waals surface area contributed by atoms with Gasteiger partial charge >= 0.3 is 0 Å². The molecule has 0 saturated carbocycles. The van der Waals surface area contributed by atoms with Gasteiger partial charge in [0.1, 0.15) is 5.75 Å². The van der Waals surface area contributed by atoms with Gasteiger partial charge in [-0.05, 0) is 59.4 Å². The normalized spacial score (nSPS) is 18.8. The second-order valence-corrected chi connectivity index (χ2v) is 6.03. The first-order valence-corrected chi connectivity index (χ1v) is 8.53. The topological polar surface area (TPSA) is 38.5 Å².